The number of halogens is 2. The zero-order valence-corrected chi connectivity index (χ0v) is 16.1. The Labute approximate surface area is 164 Å². The van der Waals surface area contributed by atoms with Crippen molar-refractivity contribution in [2.75, 3.05) is 26.8 Å². The third-order valence-electron chi connectivity index (χ3n) is 4.57. The molecule has 1 unspecified atom stereocenters. The molecule has 1 heterocycles. The summed E-state index contributed by atoms with van der Waals surface area (Å²) in [6, 6.07) is 15.0. The number of hydrogen-bond donors (Lipinski definition) is 1. The second-order valence-corrected chi connectivity index (χ2v) is 7.31. The fourth-order valence-corrected chi connectivity index (χ4v) is 3.43. The maximum atomic E-state index is 12.9. The van der Waals surface area contributed by atoms with Crippen LogP contribution in [0.4, 0.5) is 0 Å². The summed E-state index contributed by atoms with van der Waals surface area (Å²) in [5, 5.41) is 4.67. The number of amides is 1. The van der Waals surface area contributed by atoms with E-state index in [1.165, 1.54) is 0 Å². The molecule has 1 aliphatic rings. The molecule has 4 nitrogen and oxygen atoms in total. The van der Waals surface area contributed by atoms with Gasteiger partial charge in [-0.3, -0.25) is 4.79 Å². The quantitative estimate of drug-likeness (QED) is 0.837. The number of benzene rings is 2. The van der Waals surface area contributed by atoms with Crippen molar-refractivity contribution in [3.63, 3.8) is 0 Å². The van der Waals surface area contributed by atoms with E-state index < -0.39 is 0 Å². The van der Waals surface area contributed by atoms with Crippen LogP contribution >= 0.6 is 23.2 Å². The van der Waals surface area contributed by atoms with Crippen molar-refractivity contribution in [1.29, 1.82) is 0 Å². The summed E-state index contributed by atoms with van der Waals surface area (Å²) < 4.78 is 5.46. The number of morpholine rings is 1. The van der Waals surface area contributed by atoms with E-state index in [2.05, 4.69) is 5.32 Å². The van der Waals surface area contributed by atoms with Gasteiger partial charge in [-0.2, -0.15) is 0 Å². The van der Waals surface area contributed by atoms with E-state index in [-0.39, 0.29) is 18.0 Å². The van der Waals surface area contributed by atoms with Crippen LogP contribution in [-0.2, 0) is 9.53 Å². The summed E-state index contributed by atoms with van der Waals surface area (Å²) in [6.07, 6.45) is 0.397. The van der Waals surface area contributed by atoms with Gasteiger partial charge in [-0.25, -0.2) is 0 Å². The molecule has 0 spiro atoms. The standard InChI is InChI=1S/C20H22Cl2N2O2/c1-24(19(25)12-18-13-26-11-10-23-18)20(14-2-6-16(21)7-3-14)15-4-8-17(22)9-5-15/h2-9,18,20,23H,10-13H2,1H3. The van der Waals surface area contributed by atoms with Gasteiger partial charge >= 0.3 is 0 Å². The Morgan fingerprint density at radius 3 is 2.12 bits per heavy atom. The van der Waals surface area contributed by atoms with Gasteiger partial charge in [-0.15, -0.1) is 0 Å². The van der Waals surface area contributed by atoms with Gasteiger partial charge in [0, 0.05) is 36.1 Å². The van der Waals surface area contributed by atoms with Gasteiger partial charge in [-0.1, -0.05) is 47.5 Å². The number of carbonyl (C=O) groups excluding carboxylic acids is 1. The molecule has 0 saturated carbocycles. The predicted molar refractivity (Wildman–Crippen MR) is 105 cm³/mol. The Kier molecular flexibility index (Phi) is 6.54. The van der Waals surface area contributed by atoms with E-state index in [0.717, 1.165) is 17.7 Å². The Balaban J connectivity index is 1.85. The molecule has 1 fully saturated rings. The van der Waals surface area contributed by atoms with Gasteiger partial charge in [0.05, 0.1) is 19.3 Å². The van der Waals surface area contributed by atoms with Gasteiger partial charge in [0.25, 0.3) is 0 Å². The van der Waals surface area contributed by atoms with Gasteiger partial charge < -0.3 is 15.0 Å². The van der Waals surface area contributed by atoms with E-state index in [4.69, 9.17) is 27.9 Å². The molecule has 1 aliphatic heterocycles. The van der Waals surface area contributed by atoms with Crippen molar-refractivity contribution >= 4 is 29.1 Å². The first-order valence-electron chi connectivity index (χ1n) is 8.62. The van der Waals surface area contributed by atoms with Gasteiger partial charge in [-0.05, 0) is 35.4 Å². The summed E-state index contributed by atoms with van der Waals surface area (Å²) in [5.74, 6) is 0.0582. The maximum absolute atomic E-state index is 12.9. The van der Waals surface area contributed by atoms with Gasteiger partial charge in [0.15, 0.2) is 0 Å². The second kappa shape index (κ2) is 8.87. The third kappa shape index (κ3) is 4.77. The molecular formula is C20H22Cl2N2O2. The van der Waals surface area contributed by atoms with Crippen molar-refractivity contribution in [3.05, 3.63) is 69.7 Å². The summed E-state index contributed by atoms with van der Waals surface area (Å²) in [7, 11) is 1.83. The topological polar surface area (TPSA) is 41.6 Å². The van der Waals surface area contributed by atoms with E-state index in [0.29, 0.717) is 29.7 Å². The highest BCUT2D eigenvalue weighted by molar-refractivity contribution is 6.30. The molecule has 2 aromatic rings. The Morgan fingerprint density at radius 2 is 1.65 bits per heavy atom. The van der Waals surface area contributed by atoms with Crippen LogP contribution in [0.3, 0.4) is 0 Å². The van der Waals surface area contributed by atoms with Gasteiger partial charge in [0.2, 0.25) is 5.91 Å². The van der Waals surface area contributed by atoms with Crippen LogP contribution in [0.1, 0.15) is 23.6 Å². The minimum atomic E-state index is -0.207. The molecule has 1 saturated heterocycles. The summed E-state index contributed by atoms with van der Waals surface area (Å²) in [6.45, 7) is 2.03. The van der Waals surface area contributed by atoms with Crippen LogP contribution in [-0.4, -0.2) is 43.7 Å². The molecule has 1 N–H and O–H groups in total. The van der Waals surface area contributed by atoms with E-state index in [1.54, 1.807) is 4.90 Å². The fourth-order valence-electron chi connectivity index (χ4n) is 3.18. The van der Waals surface area contributed by atoms with E-state index >= 15 is 0 Å². The summed E-state index contributed by atoms with van der Waals surface area (Å²) in [5.41, 5.74) is 2.00. The summed E-state index contributed by atoms with van der Waals surface area (Å²) >= 11 is 12.1. The molecule has 3 rings (SSSR count). The van der Waals surface area contributed by atoms with Crippen molar-refractivity contribution in [3.8, 4) is 0 Å². The molecule has 26 heavy (non-hydrogen) atoms. The molecule has 0 bridgehead atoms. The first-order chi connectivity index (χ1) is 12.5. The molecule has 0 aliphatic carbocycles. The molecule has 6 heteroatoms. The smallest absolute Gasteiger partial charge is 0.224 e. The first-order valence-corrected chi connectivity index (χ1v) is 9.38. The number of nitrogens with one attached hydrogen (secondary N) is 1. The lowest BCUT2D eigenvalue weighted by molar-refractivity contribution is -0.132. The molecule has 1 amide bonds. The normalized spacial score (nSPS) is 17.3. The zero-order valence-electron chi connectivity index (χ0n) is 14.6. The molecule has 2 aromatic carbocycles. The second-order valence-electron chi connectivity index (χ2n) is 6.44. The maximum Gasteiger partial charge on any atom is 0.224 e. The Hall–Kier alpha value is -1.59. The average molecular weight is 393 g/mol. The molecular weight excluding hydrogens is 371 g/mol. The van der Waals surface area contributed by atoms with Crippen LogP contribution in [0.15, 0.2) is 48.5 Å². The minimum Gasteiger partial charge on any atom is -0.378 e. The third-order valence-corrected chi connectivity index (χ3v) is 5.08. The van der Waals surface area contributed by atoms with Gasteiger partial charge in [0.1, 0.15) is 0 Å². The Bertz CT molecular complexity index is 683. The number of nitrogens with zero attached hydrogens (tertiary/aromatic N) is 1. The first kappa shape index (κ1) is 19.2. The number of ether oxygens (including phenoxy) is 1. The fraction of sp³-hybridized carbons (Fsp3) is 0.350. The van der Waals surface area contributed by atoms with Crippen LogP contribution in [0, 0.1) is 0 Å². The van der Waals surface area contributed by atoms with Crippen molar-refractivity contribution < 1.29 is 9.53 Å². The molecule has 138 valence electrons. The number of carbonyl (C=O) groups is 1. The zero-order chi connectivity index (χ0) is 18.5. The van der Waals surface area contributed by atoms with Crippen LogP contribution in [0.25, 0.3) is 0 Å². The lowest BCUT2D eigenvalue weighted by Crippen LogP contribution is -2.45. The predicted octanol–water partition coefficient (Wildman–Crippen LogP) is 3.92. The summed E-state index contributed by atoms with van der Waals surface area (Å²) in [4.78, 5) is 14.7. The number of hydrogen-bond acceptors (Lipinski definition) is 3. The van der Waals surface area contributed by atoms with Crippen LogP contribution in [0.2, 0.25) is 10.0 Å². The van der Waals surface area contributed by atoms with Crippen LogP contribution in [0.5, 0.6) is 0 Å². The van der Waals surface area contributed by atoms with E-state index in [1.807, 2.05) is 55.6 Å². The highest BCUT2D eigenvalue weighted by atomic mass is 35.5. The average Bonchev–Trinajstić information content (AvgIpc) is 2.65. The highest BCUT2D eigenvalue weighted by Gasteiger charge is 2.26. The van der Waals surface area contributed by atoms with Crippen LogP contribution < -0.4 is 5.32 Å². The SMILES string of the molecule is CN(C(=O)CC1COCCN1)C(c1ccc(Cl)cc1)c1ccc(Cl)cc1. The molecule has 0 radical (unpaired) electrons. The Morgan fingerprint density at radius 1 is 1.12 bits per heavy atom. The minimum absolute atomic E-state index is 0.0507. The van der Waals surface area contributed by atoms with Crippen molar-refractivity contribution in [2.24, 2.45) is 0 Å². The number of rotatable bonds is 5. The molecule has 0 aromatic heterocycles. The highest BCUT2D eigenvalue weighted by Crippen LogP contribution is 2.30. The van der Waals surface area contributed by atoms with E-state index in [9.17, 15) is 4.79 Å². The lowest BCUT2D eigenvalue weighted by atomic mass is 9.97. The lowest BCUT2D eigenvalue weighted by Gasteiger charge is -2.31. The molecule has 1 atom stereocenters. The van der Waals surface area contributed by atoms with Crippen molar-refractivity contribution in [2.45, 2.75) is 18.5 Å². The monoisotopic (exact) mass is 392 g/mol. The van der Waals surface area contributed by atoms with Crippen molar-refractivity contribution in [1.82, 2.24) is 10.2 Å². The largest absolute Gasteiger partial charge is 0.378 e.